The number of halogens is 3. The third kappa shape index (κ3) is 3.76. The lowest BCUT2D eigenvalue weighted by atomic mass is 10.1. The van der Waals surface area contributed by atoms with Crippen LogP contribution in [0.5, 0.6) is 0 Å². The lowest BCUT2D eigenvalue weighted by Gasteiger charge is -2.32. The molecule has 1 aliphatic rings. The highest BCUT2D eigenvalue weighted by Gasteiger charge is 2.25. The Morgan fingerprint density at radius 2 is 2.14 bits per heavy atom. The molecule has 5 nitrogen and oxygen atoms in total. The molecule has 2 aromatic heterocycles. The Morgan fingerprint density at radius 1 is 1.29 bits per heavy atom. The molecule has 1 aromatic carbocycles. The summed E-state index contributed by atoms with van der Waals surface area (Å²) in [5.74, 6) is -0.648. The number of morpholine rings is 1. The van der Waals surface area contributed by atoms with E-state index in [4.69, 9.17) is 27.9 Å². The summed E-state index contributed by atoms with van der Waals surface area (Å²) in [4.78, 5) is 18.6. The molecule has 1 amide bonds. The second kappa shape index (κ2) is 7.91. The number of ether oxygens (including phenoxy) is 1. The zero-order chi connectivity index (χ0) is 19.7. The molecular formula is C20H16Cl2FN3O2. The van der Waals surface area contributed by atoms with Gasteiger partial charge in [0.25, 0.3) is 0 Å². The van der Waals surface area contributed by atoms with E-state index in [2.05, 4.69) is 4.98 Å². The predicted octanol–water partition coefficient (Wildman–Crippen LogP) is 4.39. The summed E-state index contributed by atoms with van der Waals surface area (Å²) in [5.41, 5.74) is 2.08. The Hall–Kier alpha value is -2.41. The highest BCUT2D eigenvalue weighted by molar-refractivity contribution is 6.31. The van der Waals surface area contributed by atoms with Crippen LogP contribution < -0.4 is 0 Å². The molecule has 3 aromatic rings. The van der Waals surface area contributed by atoms with Crippen LogP contribution in [-0.4, -0.2) is 39.9 Å². The molecule has 28 heavy (non-hydrogen) atoms. The van der Waals surface area contributed by atoms with Gasteiger partial charge in [-0.3, -0.25) is 9.20 Å². The minimum Gasteiger partial charge on any atom is -0.370 e. The third-order valence-corrected chi connectivity index (χ3v) is 5.17. The fourth-order valence-electron chi connectivity index (χ4n) is 3.15. The highest BCUT2D eigenvalue weighted by Crippen LogP contribution is 2.26. The van der Waals surface area contributed by atoms with Gasteiger partial charge in [-0.2, -0.15) is 0 Å². The first-order valence-corrected chi connectivity index (χ1v) is 9.44. The normalized spacial score (nSPS) is 17.5. The monoisotopic (exact) mass is 419 g/mol. The summed E-state index contributed by atoms with van der Waals surface area (Å²) < 4.78 is 20.9. The number of pyridine rings is 1. The van der Waals surface area contributed by atoms with Crippen molar-refractivity contribution in [2.75, 3.05) is 19.7 Å². The van der Waals surface area contributed by atoms with E-state index in [1.807, 2.05) is 28.8 Å². The summed E-state index contributed by atoms with van der Waals surface area (Å²) >= 11 is 12.1. The molecule has 4 rings (SSSR count). The minimum absolute atomic E-state index is 0.0340. The Morgan fingerprint density at radius 3 is 2.96 bits per heavy atom. The van der Waals surface area contributed by atoms with Gasteiger partial charge in [-0.1, -0.05) is 35.3 Å². The van der Waals surface area contributed by atoms with Crippen LogP contribution >= 0.6 is 23.2 Å². The SMILES string of the molecule is O=C(C=Cc1c(Cl)nc2ccccn12)N1CCOC(c2ccc(F)c(Cl)c2)C1. The van der Waals surface area contributed by atoms with Crippen LogP contribution in [0.15, 0.2) is 48.7 Å². The topological polar surface area (TPSA) is 46.8 Å². The van der Waals surface area contributed by atoms with Gasteiger partial charge in [-0.15, -0.1) is 0 Å². The van der Waals surface area contributed by atoms with Crippen LogP contribution in [0, 0.1) is 5.82 Å². The van der Waals surface area contributed by atoms with E-state index in [1.165, 1.54) is 18.2 Å². The van der Waals surface area contributed by atoms with Gasteiger partial charge < -0.3 is 9.64 Å². The number of carbonyl (C=O) groups is 1. The van der Waals surface area contributed by atoms with Gasteiger partial charge in [-0.05, 0) is 35.9 Å². The van der Waals surface area contributed by atoms with Crippen molar-refractivity contribution in [3.63, 3.8) is 0 Å². The van der Waals surface area contributed by atoms with E-state index < -0.39 is 5.82 Å². The number of benzene rings is 1. The smallest absolute Gasteiger partial charge is 0.246 e. The summed E-state index contributed by atoms with van der Waals surface area (Å²) in [5, 5.41) is 0.364. The molecule has 1 fully saturated rings. The second-order valence-corrected chi connectivity index (χ2v) is 7.13. The summed E-state index contributed by atoms with van der Waals surface area (Å²) in [6.07, 6.45) is 4.61. The second-order valence-electron chi connectivity index (χ2n) is 6.37. The van der Waals surface area contributed by atoms with Crippen molar-refractivity contribution in [2.45, 2.75) is 6.10 Å². The predicted molar refractivity (Wildman–Crippen MR) is 106 cm³/mol. The molecule has 3 heterocycles. The van der Waals surface area contributed by atoms with E-state index in [0.29, 0.717) is 36.2 Å². The van der Waals surface area contributed by atoms with Crippen molar-refractivity contribution in [2.24, 2.45) is 0 Å². The molecule has 0 spiro atoms. The number of nitrogens with zero attached hydrogens (tertiary/aromatic N) is 3. The fourth-order valence-corrected chi connectivity index (χ4v) is 3.58. The average molecular weight is 420 g/mol. The van der Waals surface area contributed by atoms with Crippen LogP contribution in [0.25, 0.3) is 11.7 Å². The number of carbonyl (C=O) groups excluding carboxylic acids is 1. The molecule has 0 aliphatic carbocycles. The lowest BCUT2D eigenvalue weighted by Crippen LogP contribution is -2.41. The van der Waals surface area contributed by atoms with Gasteiger partial charge in [0, 0.05) is 18.8 Å². The Balaban J connectivity index is 1.50. The van der Waals surface area contributed by atoms with Gasteiger partial charge in [0.2, 0.25) is 5.91 Å². The molecule has 1 aliphatic heterocycles. The summed E-state index contributed by atoms with van der Waals surface area (Å²) in [6, 6.07) is 10.0. The number of hydrogen-bond acceptors (Lipinski definition) is 3. The molecule has 1 atom stereocenters. The first-order chi connectivity index (χ1) is 13.5. The molecule has 0 radical (unpaired) electrons. The number of imidazole rings is 1. The van der Waals surface area contributed by atoms with Gasteiger partial charge in [0.1, 0.15) is 17.6 Å². The van der Waals surface area contributed by atoms with E-state index in [-0.39, 0.29) is 17.0 Å². The van der Waals surface area contributed by atoms with Crippen LogP contribution in [0.3, 0.4) is 0 Å². The maximum absolute atomic E-state index is 13.4. The minimum atomic E-state index is -0.484. The largest absolute Gasteiger partial charge is 0.370 e. The third-order valence-electron chi connectivity index (χ3n) is 4.60. The summed E-state index contributed by atoms with van der Waals surface area (Å²) in [6.45, 7) is 1.21. The van der Waals surface area contributed by atoms with Crippen molar-refractivity contribution in [1.29, 1.82) is 0 Å². The Bertz CT molecular complexity index is 1070. The standard InChI is InChI=1S/C20H16Cl2FN3O2/c21-14-11-13(4-5-15(14)23)17-12-25(9-10-28-17)19(27)7-6-16-20(22)24-18-3-1-2-8-26(16)18/h1-8,11,17H,9-10,12H2. The molecule has 1 unspecified atom stereocenters. The Kier molecular flexibility index (Phi) is 5.35. The Labute approximate surface area is 170 Å². The first-order valence-electron chi connectivity index (χ1n) is 8.69. The van der Waals surface area contributed by atoms with Gasteiger partial charge >= 0.3 is 0 Å². The fraction of sp³-hybridized carbons (Fsp3) is 0.200. The van der Waals surface area contributed by atoms with Crippen LogP contribution in [0.4, 0.5) is 4.39 Å². The lowest BCUT2D eigenvalue weighted by molar-refractivity contribution is -0.133. The zero-order valence-corrected chi connectivity index (χ0v) is 16.2. The quantitative estimate of drug-likeness (QED) is 0.591. The maximum atomic E-state index is 13.4. The van der Waals surface area contributed by atoms with Crippen LogP contribution in [0.2, 0.25) is 10.2 Å². The van der Waals surface area contributed by atoms with Crippen LogP contribution in [0.1, 0.15) is 17.4 Å². The van der Waals surface area contributed by atoms with E-state index in [1.54, 1.807) is 17.0 Å². The van der Waals surface area contributed by atoms with E-state index in [0.717, 1.165) is 5.56 Å². The number of aromatic nitrogens is 2. The number of rotatable bonds is 3. The summed E-state index contributed by atoms with van der Waals surface area (Å²) in [7, 11) is 0. The molecule has 0 bridgehead atoms. The molecule has 0 saturated carbocycles. The average Bonchev–Trinajstić information content (AvgIpc) is 3.03. The van der Waals surface area contributed by atoms with Crippen molar-refractivity contribution in [3.8, 4) is 0 Å². The van der Waals surface area contributed by atoms with Crippen molar-refractivity contribution < 1.29 is 13.9 Å². The van der Waals surface area contributed by atoms with Crippen molar-refractivity contribution in [1.82, 2.24) is 14.3 Å². The van der Waals surface area contributed by atoms with E-state index >= 15 is 0 Å². The number of fused-ring (bicyclic) bond motifs is 1. The molecule has 144 valence electrons. The molecular weight excluding hydrogens is 404 g/mol. The maximum Gasteiger partial charge on any atom is 0.246 e. The van der Waals surface area contributed by atoms with Gasteiger partial charge in [0.05, 0.1) is 23.9 Å². The zero-order valence-electron chi connectivity index (χ0n) is 14.7. The van der Waals surface area contributed by atoms with Crippen molar-refractivity contribution in [3.05, 3.63) is 75.9 Å². The van der Waals surface area contributed by atoms with Gasteiger partial charge in [0.15, 0.2) is 5.15 Å². The van der Waals surface area contributed by atoms with Crippen molar-refractivity contribution >= 4 is 40.8 Å². The van der Waals surface area contributed by atoms with Crippen LogP contribution in [-0.2, 0) is 9.53 Å². The van der Waals surface area contributed by atoms with E-state index in [9.17, 15) is 9.18 Å². The highest BCUT2D eigenvalue weighted by atomic mass is 35.5. The number of hydrogen-bond donors (Lipinski definition) is 0. The molecule has 1 saturated heterocycles. The van der Waals surface area contributed by atoms with Gasteiger partial charge in [-0.25, -0.2) is 9.37 Å². The molecule has 8 heteroatoms. The number of amides is 1. The molecule has 0 N–H and O–H groups in total. The first kappa shape index (κ1) is 18.9.